The van der Waals surface area contributed by atoms with Crippen molar-refractivity contribution in [1.29, 1.82) is 0 Å². The van der Waals surface area contributed by atoms with Gasteiger partial charge in [-0.25, -0.2) is 0 Å². The fourth-order valence-electron chi connectivity index (χ4n) is 2.69. The van der Waals surface area contributed by atoms with Crippen molar-refractivity contribution in [3.63, 3.8) is 0 Å². The van der Waals surface area contributed by atoms with Crippen molar-refractivity contribution < 1.29 is 28.4 Å². The third kappa shape index (κ3) is 3.38. The standard InChI is InChI=1S/C19H23O6/c1-7-25-13-10-8-9-12(11-13)14-15(20-2)17(22-4)19(24-6)18(23-5)16(14)21-3/h8-9,11H,7H2,1-6H3. The molecular weight excluding hydrogens is 324 g/mol. The summed E-state index contributed by atoms with van der Waals surface area (Å²) in [6.07, 6.45) is 0. The summed E-state index contributed by atoms with van der Waals surface area (Å²) in [4.78, 5) is 0. The van der Waals surface area contributed by atoms with E-state index in [1.807, 2.05) is 19.1 Å². The van der Waals surface area contributed by atoms with Crippen LogP contribution in [0.25, 0.3) is 11.1 Å². The highest BCUT2D eigenvalue weighted by Gasteiger charge is 2.29. The molecule has 0 unspecified atom stereocenters. The highest BCUT2D eigenvalue weighted by molar-refractivity contribution is 5.87. The Labute approximate surface area is 148 Å². The van der Waals surface area contributed by atoms with E-state index in [9.17, 15) is 0 Å². The van der Waals surface area contributed by atoms with Crippen LogP contribution in [0.3, 0.4) is 0 Å². The van der Waals surface area contributed by atoms with E-state index in [1.165, 1.54) is 7.11 Å². The first kappa shape index (κ1) is 18.6. The van der Waals surface area contributed by atoms with E-state index in [4.69, 9.17) is 28.4 Å². The molecule has 0 saturated heterocycles. The summed E-state index contributed by atoms with van der Waals surface area (Å²) in [6.45, 7) is 2.46. The first-order valence-electron chi connectivity index (χ1n) is 7.75. The second-order valence-corrected chi connectivity index (χ2v) is 4.92. The Morgan fingerprint density at radius 2 is 1.24 bits per heavy atom. The molecule has 6 heteroatoms. The predicted molar refractivity (Wildman–Crippen MR) is 94.6 cm³/mol. The average Bonchev–Trinajstić information content (AvgIpc) is 2.65. The molecule has 0 saturated carbocycles. The third-order valence-corrected chi connectivity index (χ3v) is 3.66. The van der Waals surface area contributed by atoms with Gasteiger partial charge in [0.1, 0.15) is 5.75 Å². The van der Waals surface area contributed by atoms with Crippen molar-refractivity contribution in [3.8, 4) is 45.6 Å². The van der Waals surface area contributed by atoms with Gasteiger partial charge >= 0.3 is 0 Å². The number of methoxy groups -OCH3 is 5. The first-order chi connectivity index (χ1) is 12.2. The Hall–Kier alpha value is -2.76. The predicted octanol–water partition coefficient (Wildman–Crippen LogP) is 3.60. The lowest BCUT2D eigenvalue weighted by atomic mass is 10.0. The second-order valence-electron chi connectivity index (χ2n) is 4.92. The first-order valence-corrected chi connectivity index (χ1v) is 7.75. The lowest BCUT2D eigenvalue weighted by molar-refractivity contribution is 0.292. The monoisotopic (exact) mass is 347 g/mol. The van der Waals surface area contributed by atoms with E-state index in [1.54, 1.807) is 34.5 Å². The topological polar surface area (TPSA) is 55.4 Å². The van der Waals surface area contributed by atoms with E-state index < -0.39 is 0 Å². The molecule has 2 aromatic rings. The molecule has 0 aliphatic rings. The molecule has 0 aliphatic carbocycles. The SMILES string of the molecule is CCOc1[c]ccc(-c2c(OC)c(OC)c(OC)c(OC)c2OC)c1. The summed E-state index contributed by atoms with van der Waals surface area (Å²) in [5, 5.41) is 0. The van der Waals surface area contributed by atoms with Crippen LogP contribution in [0.2, 0.25) is 0 Å². The van der Waals surface area contributed by atoms with Crippen LogP contribution in [0, 0.1) is 6.07 Å². The molecule has 2 rings (SSSR count). The Kier molecular flexibility index (Phi) is 6.22. The van der Waals surface area contributed by atoms with Gasteiger partial charge in [0, 0.05) is 6.07 Å². The Morgan fingerprint density at radius 3 is 1.68 bits per heavy atom. The molecule has 135 valence electrons. The molecule has 0 aliphatic heterocycles. The normalized spacial score (nSPS) is 10.2. The Balaban J connectivity index is 2.85. The average molecular weight is 347 g/mol. The van der Waals surface area contributed by atoms with Crippen LogP contribution in [-0.2, 0) is 0 Å². The molecule has 0 N–H and O–H groups in total. The van der Waals surface area contributed by atoms with Crippen molar-refractivity contribution in [3.05, 3.63) is 24.3 Å². The summed E-state index contributed by atoms with van der Waals surface area (Å²) in [5.74, 6) is 2.82. The minimum absolute atomic E-state index is 0.398. The van der Waals surface area contributed by atoms with Gasteiger partial charge in [-0.1, -0.05) is 6.07 Å². The quantitative estimate of drug-likeness (QED) is 0.727. The highest BCUT2D eigenvalue weighted by atomic mass is 16.6. The molecule has 25 heavy (non-hydrogen) atoms. The maximum Gasteiger partial charge on any atom is 0.211 e. The van der Waals surface area contributed by atoms with E-state index in [0.29, 0.717) is 46.7 Å². The Morgan fingerprint density at radius 1 is 0.760 bits per heavy atom. The van der Waals surface area contributed by atoms with E-state index >= 15 is 0 Å². The van der Waals surface area contributed by atoms with Gasteiger partial charge in [0.2, 0.25) is 17.2 Å². The molecule has 0 heterocycles. The van der Waals surface area contributed by atoms with Gasteiger partial charge in [0.15, 0.2) is 11.5 Å². The highest BCUT2D eigenvalue weighted by Crippen LogP contribution is 2.57. The molecule has 1 radical (unpaired) electrons. The minimum atomic E-state index is 0.398. The van der Waals surface area contributed by atoms with Gasteiger partial charge in [-0.05, 0) is 24.6 Å². The summed E-state index contributed by atoms with van der Waals surface area (Å²) in [6, 6.07) is 8.56. The second kappa shape index (κ2) is 8.37. The minimum Gasteiger partial charge on any atom is -0.493 e. The van der Waals surface area contributed by atoms with Crippen molar-refractivity contribution in [2.75, 3.05) is 42.2 Å². The van der Waals surface area contributed by atoms with E-state index in [0.717, 1.165) is 5.56 Å². The fraction of sp³-hybridized carbons (Fsp3) is 0.368. The fourth-order valence-corrected chi connectivity index (χ4v) is 2.69. The largest absolute Gasteiger partial charge is 0.493 e. The van der Waals surface area contributed by atoms with Crippen LogP contribution in [0.1, 0.15) is 6.92 Å². The van der Waals surface area contributed by atoms with Gasteiger partial charge in [-0.2, -0.15) is 0 Å². The van der Waals surface area contributed by atoms with Crippen LogP contribution < -0.4 is 28.4 Å². The molecular formula is C19H23O6. The maximum atomic E-state index is 5.61. The molecule has 0 bridgehead atoms. The number of hydrogen-bond donors (Lipinski definition) is 0. The lowest BCUT2D eigenvalue weighted by Crippen LogP contribution is -2.03. The summed E-state index contributed by atoms with van der Waals surface area (Å²) in [7, 11) is 7.74. The summed E-state index contributed by atoms with van der Waals surface area (Å²) >= 11 is 0. The molecule has 0 amide bonds. The van der Waals surface area contributed by atoms with Gasteiger partial charge in [-0.15, -0.1) is 0 Å². The summed E-state index contributed by atoms with van der Waals surface area (Å²) < 4.78 is 33.3. The van der Waals surface area contributed by atoms with Gasteiger partial charge < -0.3 is 28.4 Å². The molecule has 0 spiro atoms. The maximum absolute atomic E-state index is 5.61. The number of hydrogen-bond acceptors (Lipinski definition) is 6. The van der Waals surface area contributed by atoms with Crippen molar-refractivity contribution >= 4 is 0 Å². The zero-order valence-electron chi connectivity index (χ0n) is 15.4. The lowest BCUT2D eigenvalue weighted by Gasteiger charge is -2.22. The molecule has 2 aromatic carbocycles. The smallest absolute Gasteiger partial charge is 0.211 e. The molecule has 6 nitrogen and oxygen atoms in total. The van der Waals surface area contributed by atoms with Crippen LogP contribution in [-0.4, -0.2) is 42.2 Å². The van der Waals surface area contributed by atoms with E-state index in [-0.39, 0.29) is 0 Å². The summed E-state index contributed by atoms with van der Waals surface area (Å²) in [5.41, 5.74) is 1.49. The number of rotatable bonds is 8. The zero-order valence-corrected chi connectivity index (χ0v) is 15.4. The zero-order chi connectivity index (χ0) is 18.4. The van der Waals surface area contributed by atoms with Crippen LogP contribution in [0.15, 0.2) is 18.2 Å². The Bertz CT molecular complexity index is 693. The van der Waals surface area contributed by atoms with Gasteiger partial charge in [-0.3, -0.25) is 0 Å². The van der Waals surface area contributed by atoms with Crippen molar-refractivity contribution in [2.45, 2.75) is 6.92 Å². The van der Waals surface area contributed by atoms with Crippen LogP contribution in [0.5, 0.6) is 34.5 Å². The van der Waals surface area contributed by atoms with Crippen molar-refractivity contribution in [1.82, 2.24) is 0 Å². The van der Waals surface area contributed by atoms with Gasteiger partial charge in [0.05, 0.1) is 47.7 Å². The third-order valence-electron chi connectivity index (χ3n) is 3.66. The van der Waals surface area contributed by atoms with Crippen molar-refractivity contribution in [2.24, 2.45) is 0 Å². The van der Waals surface area contributed by atoms with E-state index in [2.05, 4.69) is 6.07 Å². The van der Waals surface area contributed by atoms with Crippen LogP contribution in [0.4, 0.5) is 0 Å². The molecule has 0 fully saturated rings. The number of benzene rings is 2. The molecule has 0 atom stereocenters. The molecule has 0 aromatic heterocycles. The van der Waals surface area contributed by atoms with Crippen LogP contribution >= 0.6 is 0 Å². The number of ether oxygens (including phenoxy) is 6. The van der Waals surface area contributed by atoms with Gasteiger partial charge in [0.25, 0.3) is 0 Å².